The van der Waals surface area contributed by atoms with Crippen LogP contribution in [0.25, 0.3) is 0 Å². The molecule has 0 aromatic heterocycles. The Kier molecular flexibility index (Phi) is 5.46. The minimum atomic E-state index is -0.523. The van der Waals surface area contributed by atoms with Gasteiger partial charge in [0.05, 0.1) is 12.1 Å². The van der Waals surface area contributed by atoms with E-state index in [-0.39, 0.29) is 17.4 Å². The summed E-state index contributed by atoms with van der Waals surface area (Å²) in [6, 6.07) is 12.5. The zero-order valence-corrected chi connectivity index (χ0v) is 17.0. The number of fused-ring (bicyclic) bond motifs is 1. The predicted molar refractivity (Wildman–Crippen MR) is 109 cm³/mol. The van der Waals surface area contributed by atoms with E-state index < -0.39 is 5.82 Å². The van der Waals surface area contributed by atoms with Crippen molar-refractivity contribution in [2.24, 2.45) is 0 Å². The van der Waals surface area contributed by atoms with Gasteiger partial charge in [-0.1, -0.05) is 34.1 Å². The molecule has 0 N–H and O–H groups in total. The van der Waals surface area contributed by atoms with Gasteiger partial charge in [0.15, 0.2) is 0 Å². The summed E-state index contributed by atoms with van der Waals surface area (Å²) in [5, 5.41) is 0. The van der Waals surface area contributed by atoms with Gasteiger partial charge in [-0.15, -0.1) is 0 Å². The van der Waals surface area contributed by atoms with Crippen LogP contribution in [-0.4, -0.2) is 60.9 Å². The zero-order chi connectivity index (χ0) is 19.7. The number of hydrogen-bond acceptors (Lipinski definition) is 3. The maximum atomic E-state index is 14.1. The summed E-state index contributed by atoms with van der Waals surface area (Å²) in [6.45, 7) is 3.23. The minimum Gasteiger partial charge on any atom is -0.336 e. The summed E-state index contributed by atoms with van der Waals surface area (Å²) in [7, 11) is 0. The Balaban J connectivity index is 1.33. The first kappa shape index (κ1) is 19.1. The van der Waals surface area contributed by atoms with Gasteiger partial charge in [0.1, 0.15) is 5.82 Å². The molecule has 0 spiro atoms. The molecule has 0 radical (unpaired) electrons. The third-order valence-corrected chi connectivity index (χ3v) is 5.86. The Bertz CT molecular complexity index is 912. The Labute approximate surface area is 171 Å². The van der Waals surface area contributed by atoms with E-state index in [0.29, 0.717) is 37.2 Å². The van der Waals surface area contributed by atoms with Crippen molar-refractivity contribution in [2.75, 3.05) is 44.2 Å². The molecule has 2 aliphatic rings. The molecule has 0 atom stereocenters. The SMILES string of the molecule is O=C(c1ccc(Br)cc1F)N1CCN(CC(=O)N2CCc3ccccc32)CC1. The van der Waals surface area contributed by atoms with Gasteiger partial charge < -0.3 is 9.80 Å². The Hall–Kier alpha value is -2.25. The third-order valence-electron chi connectivity index (χ3n) is 5.37. The number of anilines is 1. The fourth-order valence-corrected chi connectivity index (χ4v) is 4.15. The lowest BCUT2D eigenvalue weighted by Crippen LogP contribution is -2.51. The van der Waals surface area contributed by atoms with E-state index in [4.69, 9.17) is 0 Å². The van der Waals surface area contributed by atoms with Gasteiger partial charge in [0, 0.05) is 42.9 Å². The normalized spacial score (nSPS) is 16.9. The van der Waals surface area contributed by atoms with E-state index in [0.717, 1.165) is 18.7 Å². The number of carbonyl (C=O) groups excluding carboxylic acids is 2. The Morgan fingerprint density at radius 2 is 1.75 bits per heavy atom. The molecule has 1 fully saturated rings. The smallest absolute Gasteiger partial charge is 0.256 e. The van der Waals surface area contributed by atoms with Gasteiger partial charge in [0.2, 0.25) is 5.91 Å². The van der Waals surface area contributed by atoms with E-state index >= 15 is 0 Å². The predicted octanol–water partition coefficient (Wildman–Crippen LogP) is 2.94. The van der Waals surface area contributed by atoms with Gasteiger partial charge in [-0.25, -0.2) is 4.39 Å². The van der Waals surface area contributed by atoms with Crippen molar-refractivity contribution in [1.82, 2.24) is 9.80 Å². The quantitative estimate of drug-likeness (QED) is 0.729. The molecule has 28 heavy (non-hydrogen) atoms. The number of carbonyl (C=O) groups is 2. The lowest BCUT2D eigenvalue weighted by Gasteiger charge is -2.35. The average Bonchev–Trinajstić information content (AvgIpc) is 3.12. The zero-order valence-electron chi connectivity index (χ0n) is 15.4. The van der Waals surface area contributed by atoms with Crippen LogP contribution < -0.4 is 4.90 Å². The first-order valence-electron chi connectivity index (χ1n) is 9.38. The minimum absolute atomic E-state index is 0.0846. The van der Waals surface area contributed by atoms with Crippen LogP contribution in [0.2, 0.25) is 0 Å². The molecule has 5 nitrogen and oxygen atoms in total. The molecule has 2 aliphatic heterocycles. The van der Waals surface area contributed by atoms with Crippen LogP contribution in [0.3, 0.4) is 0 Å². The average molecular weight is 446 g/mol. The lowest BCUT2D eigenvalue weighted by atomic mass is 10.1. The molecule has 1 saturated heterocycles. The molecular weight excluding hydrogens is 425 g/mol. The highest BCUT2D eigenvalue weighted by Gasteiger charge is 2.28. The summed E-state index contributed by atoms with van der Waals surface area (Å²) in [5.41, 5.74) is 2.30. The molecule has 2 aromatic rings. The van der Waals surface area contributed by atoms with Crippen LogP contribution in [0.15, 0.2) is 46.9 Å². The van der Waals surface area contributed by atoms with Crippen molar-refractivity contribution in [3.63, 3.8) is 0 Å². The van der Waals surface area contributed by atoms with Crippen LogP contribution in [0.5, 0.6) is 0 Å². The van der Waals surface area contributed by atoms with Crippen molar-refractivity contribution in [3.8, 4) is 0 Å². The van der Waals surface area contributed by atoms with Gasteiger partial charge >= 0.3 is 0 Å². The second-order valence-corrected chi connectivity index (χ2v) is 8.03. The second kappa shape index (κ2) is 8.01. The van der Waals surface area contributed by atoms with Crippen molar-refractivity contribution in [1.29, 1.82) is 0 Å². The number of piperazine rings is 1. The monoisotopic (exact) mass is 445 g/mol. The number of nitrogens with zero attached hydrogens (tertiary/aromatic N) is 3. The van der Waals surface area contributed by atoms with E-state index in [9.17, 15) is 14.0 Å². The molecule has 0 unspecified atom stereocenters. The van der Waals surface area contributed by atoms with Gasteiger partial charge in [-0.2, -0.15) is 0 Å². The molecule has 2 aromatic carbocycles. The van der Waals surface area contributed by atoms with E-state index in [1.165, 1.54) is 17.7 Å². The van der Waals surface area contributed by atoms with Crippen molar-refractivity contribution in [2.45, 2.75) is 6.42 Å². The van der Waals surface area contributed by atoms with Crippen molar-refractivity contribution >= 4 is 33.4 Å². The topological polar surface area (TPSA) is 43.9 Å². The Morgan fingerprint density at radius 1 is 1.00 bits per heavy atom. The highest BCUT2D eigenvalue weighted by Crippen LogP contribution is 2.27. The van der Waals surface area contributed by atoms with Crippen LogP contribution in [0, 0.1) is 5.82 Å². The standard InChI is InChI=1S/C21H21BrFN3O2/c22-16-5-6-17(18(23)13-16)21(28)25-11-9-24(10-12-25)14-20(27)26-8-7-15-3-1-2-4-19(15)26/h1-6,13H,7-12,14H2. The maximum Gasteiger partial charge on any atom is 0.256 e. The number of amides is 2. The summed E-state index contributed by atoms with van der Waals surface area (Å²) < 4.78 is 14.7. The molecule has 2 heterocycles. The number of benzene rings is 2. The fourth-order valence-electron chi connectivity index (χ4n) is 3.82. The van der Waals surface area contributed by atoms with Crippen LogP contribution in [0.4, 0.5) is 10.1 Å². The number of hydrogen-bond donors (Lipinski definition) is 0. The fraction of sp³-hybridized carbons (Fsp3) is 0.333. The summed E-state index contributed by atoms with van der Waals surface area (Å²) >= 11 is 3.20. The number of rotatable bonds is 3. The van der Waals surface area contributed by atoms with E-state index in [1.54, 1.807) is 11.0 Å². The molecule has 0 saturated carbocycles. The van der Waals surface area contributed by atoms with E-state index in [2.05, 4.69) is 26.9 Å². The molecule has 0 aliphatic carbocycles. The van der Waals surface area contributed by atoms with Crippen molar-refractivity contribution in [3.05, 3.63) is 63.9 Å². The molecule has 7 heteroatoms. The molecular formula is C21H21BrFN3O2. The molecule has 4 rings (SSSR count). The lowest BCUT2D eigenvalue weighted by molar-refractivity contribution is -0.120. The summed E-state index contributed by atoms with van der Waals surface area (Å²) in [5.74, 6) is -0.738. The second-order valence-electron chi connectivity index (χ2n) is 7.12. The van der Waals surface area contributed by atoms with Gasteiger partial charge in [0.25, 0.3) is 5.91 Å². The first-order chi connectivity index (χ1) is 13.5. The largest absolute Gasteiger partial charge is 0.336 e. The van der Waals surface area contributed by atoms with E-state index in [1.807, 2.05) is 23.1 Å². The van der Waals surface area contributed by atoms with Crippen LogP contribution in [-0.2, 0) is 11.2 Å². The van der Waals surface area contributed by atoms with Gasteiger partial charge in [-0.05, 0) is 36.2 Å². The van der Waals surface area contributed by atoms with Gasteiger partial charge in [-0.3, -0.25) is 14.5 Å². The third kappa shape index (κ3) is 3.82. The number of halogens is 2. The molecule has 2 amide bonds. The van der Waals surface area contributed by atoms with Crippen LogP contribution >= 0.6 is 15.9 Å². The Morgan fingerprint density at radius 3 is 2.50 bits per heavy atom. The first-order valence-corrected chi connectivity index (χ1v) is 10.2. The maximum absolute atomic E-state index is 14.1. The molecule has 0 bridgehead atoms. The number of para-hydroxylation sites is 1. The highest BCUT2D eigenvalue weighted by molar-refractivity contribution is 9.10. The summed E-state index contributed by atoms with van der Waals surface area (Å²) in [4.78, 5) is 30.9. The highest BCUT2D eigenvalue weighted by atomic mass is 79.9. The summed E-state index contributed by atoms with van der Waals surface area (Å²) in [6.07, 6.45) is 0.892. The van der Waals surface area contributed by atoms with Crippen LogP contribution in [0.1, 0.15) is 15.9 Å². The van der Waals surface area contributed by atoms with Crippen molar-refractivity contribution < 1.29 is 14.0 Å². The molecule has 146 valence electrons.